The predicted octanol–water partition coefficient (Wildman–Crippen LogP) is 2.44. The van der Waals surface area contributed by atoms with Crippen LogP contribution in [0.5, 0.6) is 0 Å². The Balaban J connectivity index is 1.44. The van der Waals surface area contributed by atoms with Crippen molar-refractivity contribution in [1.82, 2.24) is 19.7 Å². The fraction of sp³-hybridized carbons (Fsp3) is 0.556. The van der Waals surface area contributed by atoms with Gasteiger partial charge in [0.25, 0.3) is 0 Å². The highest BCUT2D eigenvalue weighted by Gasteiger charge is 2.38. The molecule has 1 aliphatic heterocycles. The standard InChI is InChI=1S/C18H24N4O/c1-14-20-19-13-22(14)10-9-21-11-17(15-5-3-2-4-6-15)23-18(12-21)16-7-8-16/h2-6,13,16-18H,7-12H2,1H3/t17-,18+/m0/s1. The van der Waals surface area contributed by atoms with Crippen LogP contribution in [-0.4, -0.2) is 45.4 Å². The molecule has 0 unspecified atom stereocenters. The summed E-state index contributed by atoms with van der Waals surface area (Å²) in [5, 5.41) is 8.04. The summed E-state index contributed by atoms with van der Waals surface area (Å²) in [4.78, 5) is 2.55. The highest BCUT2D eigenvalue weighted by atomic mass is 16.5. The van der Waals surface area contributed by atoms with Crippen molar-refractivity contribution in [2.45, 2.75) is 38.5 Å². The zero-order valence-electron chi connectivity index (χ0n) is 13.6. The van der Waals surface area contributed by atoms with Crippen LogP contribution in [0.4, 0.5) is 0 Å². The first kappa shape index (κ1) is 14.8. The molecule has 0 bridgehead atoms. The van der Waals surface area contributed by atoms with Crippen LogP contribution < -0.4 is 0 Å². The van der Waals surface area contributed by atoms with E-state index in [2.05, 4.69) is 50.0 Å². The zero-order chi connectivity index (χ0) is 15.6. The van der Waals surface area contributed by atoms with E-state index in [9.17, 15) is 0 Å². The highest BCUT2D eigenvalue weighted by Crippen LogP contribution is 2.39. The van der Waals surface area contributed by atoms with Gasteiger partial charge in [-0.3, -0.25) is 4.90 Å². The van der Waals surface area contributed by atoms with Crippen LogP contribution in [0.1, 0.15) is 30.3 Å². The monoisotopic (exact) mass is 312 g/mol. The predicted molar refractivity (Wildman–Crippen MR) is 88.0 cm³/mol. The topological polar surface area (TPSA) is 43.2 Å². The summed E-state index contributed by atoms with van der Waals surface area (Å²) in [5.74, 6) is 1.75. The number of hydrogen-bond donors (Lipinski definition) is 0. The Morgan fingerprint density at radius 1 is 1.13 bits per heavy atom. The second-order valence-electron chi connectivity index (χ2n) is 6.74. The molecule has 2 aliphatic rings. The Bertz CT molecular complexity index is 637. The molecule has 0 spiro atoms. The van der Waals surface area contributed by atoms with Crippen molar-refractivity contribution in [1.29, 1.82) is 0 Å². The molecule has 122 valence electrons. The fourth-order valence-corrected chi connectivity index (χ4v) is 3.40. The van der Waals surface area contributed by atoms with Crippen molar-refractivity contribution in [3.63, 3.8) is 0 Å². The number of hydrogen-bond acceptors (Lipinski definition) is 4. The summed E-state index contributed by atoms with van der Waals surface area (Å²) in [6.45, 7) is 5.99. The molecule has 0 amide bonds. The van der Waals surface area contributed by atoms with Crippen molar-refractivity contribution in [3.8, 4) is 0 Å². The second-order valence-corrected chi connectivity index (χ2v) is 6.74. The van der Waals surface area contributed by atoms with E-state index in [0.717, 1.165) is 37.9 Å². The maximum atomic E-state index is 6.41. The van der Waals surface area contributed by atoms with Gasteiger partial charge >= 0.3 is 0 Å². The van der Waals surface area contributed by atoms with Crippen LogP contribution >= 0.6 is 0 Å². The lowest BCUT2D eigenvalue weighted by atomic mass is 10.0. The van der Waals surface area contributed by atoms with Crippen molar-refractivity contribution >= 4 is 0 Å². The molecule has 5 heteroatoms. The Morgan fingerprint density at radius 3 is 2.65 bits per heavy atom. The molecule has 5 nitrogen and oxygen atoms in total. The summed E-state index contributed by atoms with van der Waals surface area (Å²) in [5.41, 5.74) is 1.29. The molecular formula is C18H24N4O. The van der Waals surface area contributed by atoms with Crippen molar-refractivity contribution in [2.75, 3.05) is 19.6 Å². The van der Waals surface area contributed by atoms with Gasteiger partial charge < -0.3 is 9.30 Å². The Hall–Kier alpha value is -1.72. The van der Waals surface area contributed by atoms with Crippen LogP contribution in [0, 0.1) is 12.8 Å². The zero-order valence-corrected chi connectivity index (χ0v) is 13.6. The van der Waals surface area contributed by atoms with Crippen LogP contribution in [0.25, 0.3) is 0 Å². The van der Waals surface area contributed by atoms with E-state index in [1.165, 1.54) is 18.4 Å². The van der Waals surface area contributed by atoms with Gasteiger partial charge in [-0.15, -0.1) is 10.2 Å². The van der Waals surface area contributed by atoms with E-state index in [0.29, 0.717) is 6.10 Å². The Labute approximate surface area is 137 Å². The minimum absolute atomic E-state index is 0.192. The lowest BCUT2D eigenvalue weighted by molar-refractivity contribution is -0.0967. The molecule has 1 aromatic carbocycles. The van der Waals surface area contributed by atoms with E-state index in [4.69, 9.17) is 4.74 Å². The van der Waals surface area contributed by atoms with Gasteiger partial charge in [0, 0.05) is 26.2 Å². The molecule has 2 heterocycles. The number of nitrogens with zero attached hydrogens (tertiary/aromatic N) is 4. The molecule has 1 aliphatic carbocycles. The van der Waals surface area contributed by atoms with Gasteiger partial charge in [0.1, 0.15) is 12.2 Å². The molecule has 4 rings (SSSR count). The molecule has 1 saturated heterocycles. The van der Waals surface area contributed by atoms with Gasteiger partial charge in [-0.05, 0) is 31.2 Å². The Kier molecular flexibility index (Phi) is 4.14. The van der Waals surface area contributed by atoms with Crippen molar-refractivity contribution in [2.24, 2.45) is 5.92 Å². The number of ether oxygens (including phenoxy) is 1. The van der Waals surface area contributed by atoms with Gasteiger partial charge in [-0.1, -0.05) is 30.3 Å². The van der Waals surface area contributed by atoms with E-state index >= 15 is 0 Å². The molecule has 23 heavy (non-hydrogen) atoms. The van der Waals surface area contributed by atoms with Crippen molar-refractivity contribution < 1.29 is 4.74 Å². The summed E-state index contributed by atoms with van der Waals surface area (Å²) >= 11 is 0. The van der Waals surface area contributed by atoms with Crippen molar-refractivity contribution in [3.05, 3.63) is 48.0 Å². The van der Waals surface area contributed by atoms with E-state index in [1.807, 2.05) is 13.3 Å². The quantitative estimate of drug-likeness (QED) is 0.850. The maximum absolute atomic E-state index is 6.41. The summed E-state index contributed by atoms with van der Waals surface area (Å²) in [6, 6.07) is 10.6. The van der Waals surface area contributed by atoms with Gasteiger partial charge in [0.05, 0.1) is 12.2 Å². The fourth-order valence-electron chi connectivity index (χ4n) is 3.40. The number of aryl methyl sites for hydroxylation is 1. The number of rotatable bonds is 5. The highest BCUT2D eigenvalue weighted by molar-refractivity contribution is 5.18. The average molecular weight is 312 g/mol. The SMILES string of the molecule is Cc1nncn1CCN1C[C@@H](c2ccccc2)O[C@@H](C2CC2)C1. The normalized spacial score (nSPS) is 25.6. The minimum Gasteiger partial charge on any atom is -0.367 e. The second kappa shape index (κ2) is 6.42. The third kappa shape index (κ3) is 3.46. The van der Waals surface area contributed by atoms with Crippen LogP contribution in [0.15, 0.2) is 36.7 Å². The first-order valence-corrected chi connectivity index (χ1v) is 8.57. The van der Waals surface area contributed by atoms with Gasteiger partial charge in [-0.2, -0.15) is 0 Å². The van der Waals surface area contributed by atoms with E-state index in [1.54, 1.807) is 0 Å². The third-order valence-electron chi connectivity index (χ3n) is 4.99. The molecule has 1 aromatic heterocycles. The number of aromatic nitrogens is 3. The summed E-state index contributed by atoms with van der Waals surface area (Å²) in [6.07, 6.45) is 5.05. The van der Waals surface area contributed by atoms with Crippen LogP contribution in [0.3, 0.4) is 0 Å². The maximum Gasteiger partial charge on any atom is 0.129 e. The van der Waals surface area contributed by atoms with Crippen LogP contribution in [-0.2, 0) is 11.3 Å². The molecule has 2 fully saturated rings. The average Bonchev–Trinajstić information content (AvgIpc) is 3.36. The number of morpholine rings is 1. The minimum atomic E-state index is 0.192. The molecule has 0 radical (unpaired) electrons. The molecule has 1 saturated carbocycles. The molecule has 0 N–H and O–H groups in total. The Morgan fingerprint density at radius 2 is 1.96 bits per heavy atom. The van der Waals surface area contributed by atoms with Gasteiger partial charge in [-0.25, -0.2) is 0 Å². The van der Waals surface area contributed by atoms with E-state index < -0.39 is 0 Å². The molecular weight excluding hydrogens is 288 g/mol. The first-order chi connectivity index (χ1) is 11.3. The van der Waals surface area contributed by atoms with Crippen LogP contribution in [0.2, 0.25) is 0 Å². The van der Waals surface area contributed by atoms with Gasteiger partial charge in [0.15, 0.2) is 0 Å². The smallest absolute Gasteiger partial charge is 0.129 e. The lowest BCUT2D eigenvalue weighted by Gasteiger charge is -2.38. The lowest BCUT2D eigenvalue weighted by Crippen LogP contribution is -2.46. The number of benzene rings is 1. The third-order valence-corrected chi connectivity index (χ3v) is 4.99. The largest absolute Gasteiger partial charge is 0.367 e. The molecule has 2 atom stereocenters. The van der Waals surface area contributed by atoms with E-state index in [-0.39, 0.29) is 6.10 Å². The van der Waals surface area contributed by atoms with Gasteiger partial charge in [0.2, 0.25) is 0 Å². The summed E-state index contributed by atoms with van der Waals surface area (Å²) < 4.78 is 8.54. The first-order valence-electron chi connectivity index (χ1n) is 8.57. The molecule has 2 aromatic rings. The summed E-state index contributed by atoms with van der Waals surface area (Å²) in [7, 11) is 0.